The number of nitriles is 1. The lowest BCUT2D eigenvalue weighted by atomic mass is 9.88. The molecule has 4 nitrogen and oxygen atoms in total. The lowest BCUT2D eigenvalue weighted by Crippen LogP contribution is -1.93. The minimum absolute atomic E-state index is 0.0913. The first-order valence-electron chi connectivity index (χ1n) is 7.87. The summed E-state index contributed by atoms with van der Waals surface area (Å²) in [6, 6.07) is 21.1. The highest BCUT2D eigenvalue weighted by Crippen LogP contribution is 2.42. The highest BCUT2D eigenvalue weighted by molar-refractivity contribution is 6.31. The van der Waals surface area contributed by atoms with Gasteiger partial charge in [-0.05, 0) is 33.7 Å². The van der Waals surface area contributed by atoms with Gasteiger partial charge in [0.05, 0.1) is 15.9 Å². The number of nitrogens with zero attached hydrogens (tertiary/aromatic N) is 2. The van der Waals surface area contributed by atoms with Crippen LogP contribution in [0.15, 0.2) is 60.7 Å². The Morgan fingerprint density at radius 1 is 0.760 bits per heavy atom. The molecule has 0 unspecified atom stereocenters. The van der Waals surface area contributed by atoms with Crippen molar-refractivity contribution < 1.29 is 4.92 Å². The van der Waals surface area contributed by atoms with Crippen LogP contribution >= 0.6 is 0 Å². The molecule has 0 N–H and O–H groups in total. The summed E-state index contributed by atoms with van der Waals surface area (Å²) in [6.07, 6.45) is 0. The van der Waals surface area contributed by atoms with Crippen LogP contribution in [0.4, 0.5) is 5.69 Å². The molecule has 0 bridgehead atoms. The Labute approximate surface area is 142 Å². The standard InChI is InChI=1S/C21H10N2O2/c22-11-18-14-4-2-1-3-13(14)15-7-5-12-6-10-19(23(24)25)17-9-8-16(18)21(15)20(12)17/h1-10H. The number of hydrogen-bond acceptors (Lipinski definition) is 3. The molecule has 25 heavy (non-hydrogen) atoms. The number of fused-ring (bicyclic) bond motifs is 2. The van der Waals surface area contributed by atoms with Crippen molar-refractivity contribution in [2.75, 3.05) is 0 Å². The third kappa shape index (κ3) is 1.64. The van der Waals surface area contributed by atoms with Crippen LogP contribution in [0.1, 0.15) is 5.56 Å². The average Bonchev–Trinajstić information content (AvgIpc) is 2.65. The van der Waals surface area contributed by atoms with E-state index in [1.165, 1.54) is 0 Å². The van der Waals surface area contributed by atoms with Gasteiger partial charge in [-0.3, -0.25) is 10.1 Å². The van der Waals surface area contributed by atoms with E-state index in [1.807, 2.05) is 42.5 Å². The number of non-ortho nitro benzene ring substituents is 1. The maximum absolute atomic E-state index is 11.4. The summed E-state index contributed by atoms with van der Waals surface area (Å²) in [5.74, 6) is 0. The maximum atomic E-state index is 11.4. The van der Waals surface area contributed by atoms with Gasteiger partial charge in [0.1, 0.15) is 6.07 Å². The fraction of sp³-hybridized carbons (Fsp3) is 0. The van der Waals surface area contributed by atoms with Crippen molar-refractivity contribution in [3.05, 3.63) is 76.3 Å². The summed E-state index contributed by atoms with van der Waals surface area (Å²) in [4.78, 5) is 11.1. The molecule has 0 spiro atoms. The van der Waals surface area contributed by atoms with Crippen molar-refractivity contribution in [1.82, 2.24) is 0 Å². The Balaban J connectivity index is 2.19. The van der Waals surface area contributed by atoms with E-state index in [0.717, 1.165) is 37.7 Å². The summed E-state index contributed by atoms with van der Waals surface area (Å²) in [7, 11) is 0. The van der Waals surface area contributed by atoms with Crippen LogP contribution in [0.5, 0.6) is 0 Å². The predicted molar refractivity (Wildman–Crippen MR) is 99.0 cm³/mol. The van der Waals surface area contributed by atoms with Crippen LogP contribution in [0.2, 0.25) is 0 Å². The number of rotatable bonds is 1. The van der Waals surface area contributed by atoms with E-state index in [0.29, 0.717) is 10.9 Å². The Morgan fingerprint density at radius 3 is 2.20 bits per heavy atom. The fourth-order valence-corrected chi connectivity index (χ4v) is 3.93. The Bertz CT molecular complexity index is 1380. The number of nitro groups is 1. The van der Waals surface area contributed by atoms with Crippen molar-refractivity contribution in [2.45, 2.75) is 0 Å². The maximum Gasteiger partial charge on any atom is 0.277 e. The van der Waals surface area contributed by atoms with Gasteiger partial charge in [0.25, 0.3) is 5.69 Å². The molecule has 5 rings (SSSR count). The van der Waals surface area contributed by atoms with Crippen LogP contribution in [0, 0.1) is 21.4 Å². The van der Waals surface area contributed by atoms with Gasteiger partial charge in [0.2, 0.25) is 0 Å². The minimum atomic E-state index is -0.352. The van der Waals surface area contributed by atoms with Gasteiger partial charge in [0, 0.05) is 22.2 Å². The van der Waals surface area contributed by atoms with Gasteiger partial charge < -0.3 is 0 Å². The van der Waals surface area contributed by atoms with Crippen LogP contribution in [0.25, 0.3) is 43.1 Å². The van der Waals surface area contributed by atoms with Gasteiger partial charge in [-0.1, -0.05) is 42.5 Å². The van der Waals surface area contributed by atoms with Crippen molar-refractivity contribution in [3.63, 3.8) is 0 Å². The molecule has 4 heteroatoms. The van der Waals surface area contributed by atoms with Gasteiger partial charge >= 0.3 is 0 Å². The molecule has 0 amide bonds. The molecule has 0 aliphatic heterocycles. The first-order valence-corrected chi connectivity index (χ1v) is 7.87. The second-order valence-corrected chi connectivity index (χ2v) is 6.12. The normalized spacial score (nSPS) is 11.5. The Morgan fingerprint density at radius 2 is 1.44 bits per heavy atom. The Hall–Kier alpha value is -3.71. The van der Waals surface area contributed by atoms with Crippen LogP contribution in [0.3, 0.4) is 0 Å². The van der Waals surface area contributed by atoms with Gasteiger partial charge in [-0.15, -0.1) is 0 Å². The zero-order chi connectivity index (χ0) is 17.1. The largest absolute Gasteiger partial charge is 0.277 e. The molecule has 116 valence electrons. The van der Waals surface area contributed by atoms with Crippen molar-refractivity contribution in [1.29, 1.82) is 5.26 Å². The molecule has 0 saturated carbocycles. The molecule has 0 saturated heterocycles. The van der Waals surface area contributed by atoms with Crippen molar-refractivity contribution in [2.24, 2.45) is 0 Å². The molecule has 0 aliphatic carbocycles. The van der Waals surface area contributed by atoms with Gasteiger partial charge in [-0.25, -0.2) is 0 Å². The fourth-order valence-electron chi connectivity index (χ4n) is 3.93. The first-order chi connectivity index (χ1) is 12.2. The summed E-state index contributed by atoms with van der Waals surface area (Å²) >= 11 is 0. The van der Waals surface area contributed by atoms with E-state index in [9.17, 15) is 15.4 Å². The SMILES string of the molecule is N#Cc1c2ccccc2c2ccc3ccc([N+](=O)[O-])c4ccc1c2c34. The zero-order valence-electron chi connectivity index (χ0n) is 13.0. The van der Waals surface area contributed by atoms with E-state index in [-0.39, 0.29) is 10.6 Å². The van der Waals surface area contributed by atoms with E-state index >= 15 is 0 Å². The predicted octanol–water partition coefficient (Wildman–Crippen LogP) is 5.52. The number of nitro benzene ring substituents is 1. The van der Waals surface area contributed by atoms with E-state index in [1.54, 1.807) is 18.2 Å². The molecule has 0 fully saturated rings. The molecular weight excluding hydrogens is 312 g/mol. The quantitative estimate of drug-likeness (QED) is 0.177. The molecule has 0 radical (unpaired) electrons. The third-order valence-corrected chi connectivity index (χ3v) is 4.95. The number of benzene rings is 5. The smallest absolute Gasteiger partial charge is 0.258 e. The van der Waals surface area contributed by atoms with Crippen molar-refractivity contribution in [3.8, 4) is 6.07 Å². The van der Waals surface area contributed by atoms with Gasteiger partial charge in [0.15, 0.2) is 0 Å². The Kier molecular flexibility index (Phi) is 2.55. The van der Waals surface area contributed by atoms with Crippen LogP contribution in [-0.4, -0.2) is 4.92 Å². The topological polar surface area (TPSA) is 66.9 Å². The summed E-state index contributed by atoms with van der Waals surface area (Å²) in [5.41, 5.74) is 0.706. The summed E-state index contributed by atoms with van der Waals surface area (Å²) in [5, 5.41) is 28.3. The molecule has 0 atom stereocenters. The average molecular weight is 322 g/mol. The van der Waals surface area contributed by atoms with E-state index in [2.05, 4.69) is 6.07 Å². The molecule has 5 aromatic carbocycles. The summed E-state index contributed by atoms with van der Waals surface area (Å²) in [6.45, 7) is 0. The second kappa shape index (κ2) is 4.65. The summed E-state index contributed by atoms with van der Waals surface area (Å²) < 4.78 is 0. The molecule has 0 aliphatic rings. The second-order valence-electron chi connectivity index (χ2n) is 6.12. The monoisotopic (exact) mass is 322 g/mol. The lowest BCUT2D eigenvalue weighted by molar-refractivity contribution is -0.383. The van der Waals surface area contributed by atoms with Crippen LogP contribution in [-0.2, 0) is 0 Å². The highest BCUT2D eigenvalue weighted by atomic mass is 16.6. The molecular formula is C21H10N2O2. The van der Waals surface area contributed by atoms with E-state index < -0.39 is 0 Å². The molecule has 5 aromatic rings. The lowest BCUT2D eigenvalue weighted by Gasteiger charge is -2.14. The highest BCUT2D eigenvalue weighted by Gasteiger charge is 2.19. The first kappa shape index (κ1) is 13.7. The van der Waals surface area contributed by atoms with E-state index in [4.69, 9.17) is 0 Å². The van der Waals surface area contributed by atoms with Gasteiger partial charge in [-0.2, -0.15) is 5.26 Å². The minimum Gasteiger partial charge on any atom is -0.258 e. The zero-order valence-corrected chi connectivity index (χ0v) is 13.0. The molecule has 0 aromatic heterocycles. The van der Waals surface area contributed by atoms with Crippen molar-refractivity contribution >= 4 is 48.8 Å². The molecule has 0 heterocycles. The third-order valence-electron chi connectivity index (χ3n) is 4.95. The number of hydrogen-bond donors (Lipinski definition) is 0. The van der Waals surface area contributed by atoms with Crippen LogP contribution < -0.4 is 0 Å².